The highest BCUT2D eigenvalue weighted by Gasteiger charge is 2.19. The van der Waals surface area contributed by atoms with Crippen molar-refractivity contribution in [2.45, 2.75) is 19.3 Å². The molecule has 2 heterocycles. The van der Waals surface area contributed by atoms with Crippen molar-refractivity contribution < 1.29 is 8.39 Å². The second-order valence-electron chi connectivity index (χ2n) is 7.75. The molecule has 0 radical (unpaired) electrons. The Kier molecular flexibility index (Phi) is 4.11. The molecule has 1 aromatic heterocycles. The molecule has 4 heteroatoms. The van der Waals surface area contributed by atoms with E-state index in [2.05, 4.69) is 77.5 Å². The van der Waals surface area contributed by atoms with Crippen LogP contribution in [-0.2, 0) is 0 Å². The van der Waals surface area contributed by atoms with Crippen molar-refractivity contribution in [1.29, 1.82) is 0 Å². The fourth-order valence-electron chi connectivity index (χ4n) is 4.51. The summed E-state index contributed by atoms with van der Waals surface area (Å²) in [5.41, 5.74) is 1.85. The van der Waals surface area contributed by atoms with Crippen LogP contribution in [0.15, 0.2) is 81.2 Å². The molecule has 6 rings (SSSR count). The highest BCUT2D eigenvalue weighted by atomic mass is 31.1. The normalized spacial score (nSPS) is 15.4. The smallest absolute Gasteiger partial charge is 0.309 e. The van der Waals surface area contributed by atoms with Gasteiger partial charge in [0.1, 0.15) is 11.2 Å². The van der Waals surface area contributed by atoms with Crippen LogP contribution >= 0.6 is 8.16 Å². The maximum absolute atomic E-state index is 6.60. The summed E-state index contributed by atoms with van der Waals surface area (Å²) in [5, 5.41) is 7.16. The second-order valence-corrected chi connectivity index (χ2v) is 9.16. The summed E-state index contributed by atoms with van der Waals surface area (Å²) in [6.07, 6.45) is 3.71. The molecule has 0 spiro atoms. The van der Waals surface area contributed by atoms with Crippen molar-refractivity contribution >= 4 is 51.6 Å². The van der Waals surface area contributed by atoms with Crippen LogP contribution in [0, 0.1) is 0 Å². The molecule has 1 aliphatic heterocycles. The maximum atomic E-state index is 6.60. The van der Waals surface area contributed by atoms with Gasteiger partial charge in [0.25, 0.3) is 0 Å². The third-order valence-corrected chi connectivity index (χ3v) is 7.52. The summed E-state index contributed by atoms with van der Waals surface area (Å²) >= 11 is 0. The van der Waals surface area contributed by atoms with E-state index in [0.29, 0.717) is 0 Å². The lowest BCUT2D eigenvalue weighted by Gasteiger charge is -2.22. The van der Waals surface area contributed by atoms with Gasteiger partial charge in [-0.2, -0.15) is 0 Å². The van der Waals surface area contributed by atoms with Gasteiger partial charge in [-0.3, -0.25) is 0 Å². The number of nitrogens with zero attached hydrogens (tertiary/aromatic N) is 1. The zero-order valence-corrected chi connectivity index (χ0v) is 17.1. The molecule has 1 aliphatic rings. The van der Waals surface area contributed by atoms with Crippen LogP contribution in [0.5, 0.6) is 0 Å². The summed E-state index contributed by atoms with van der Waals surface area (Å²) < 4.78 is 15.6. The second kappa shape index (κ2) is 6.95. The number of rotatable bonds is 1. The molecule has 0 bridgehead atoms. The van der Waals surface area contributed by atoms with Gasteiger partial charge >= 0.3 is 8.16 Å². The van der Waals surface area contributed by atoms with Crippen molar-refractivity contribution in [1.82, 2.24) is 0 Å². The Morgan fingerprint density at radius 3 is 1.66 bits per heavy atom. The standard InChI is InChI=1S/C25H22NO2P/c1-6-16-26(17-7-1)29-27-22-14-12-18-8-2-4-10-20(18)24(22)25-21-11-5-3-9-19(21)13-15-23(25)28-29/h2-5,8-15H,1,6-7,16-17H2. The molecule has 0 amide bonds. The number of fused-ring (bicyclic) bond motifs is 7. The van der Waals surface area contributed by atoms with E-state index in [1.807, 2.05) is 0 Å². The average molecular weight is 399 g/mol. The molecule has 0 aliphatic carbocycles. The molecule has 0 N–H and O–H groups in total. The van der Waals surface area contributed by atoms with Crippen molar-refractivity contribution in [3.8, 4) is 0 Å². The van der Waals surface area contributed by atoms with E-state index in [0.717, 1.165) is 35.0 Å². The molecule has 0 saturated carbocycles. The first-order chi connectivity index (χ1) is 14.4. The predicted molar refractivity (Wildman–Crippen MR) is 123 cm³/mol. The monoisotopic (exact) mass is 399 g/mol. The molecule has 144 valence electrons. The zero-order chi connectivity index (χ0) is 19.2. The quantitative estimate of drug-likeness (QED) is 0.289. The molecular formula is C25H22NO2P. The first-order valence-corrected chi connectivity index (χ1v) is 11.5. The van der Waals surface area contributed by atoms with Crippen molar-refractivity contribution in [2.24, 2.45) is 0 Å². The van der Waals surface area contributed by atoms with E-state index < -0.39 is 8.16 Å². The topological polar surface area (TPSA) is 29.5 Å². The molecule has 4 aromatic carbocycles. The van der Waals surface area contributed by atoms with Crippen LogP contribution in [-0.4, -0.2) is 13.1 Å². The van der Waals surface area contributed by atoms with Gasteiger partial charge in [-0.1, -0.05) is 67.1 Å². The van der Waals surface area contributed by atoms with E-state index >= 15 is 0 Å². The zero-order valence-electron chi connectivity index (χ0n) is 16.2. The van der Waals surface area contributed by atoms with Gasteiger partial charge in [0.2, 0.25) is 0 Å². The Bertz CT molecular complexity index is 1300. The number of hydrogen-bond donors (Lipinski definition) is 0. The van der Waals surface area contributed by atoms with Gasteiger partial charge in [-0.25, -0.2) is 4.67 Å². The van der Waals surface area contributed by atoms with Gasteiger partial charge in [0, 0.05) is 23.9 Å². The molecule has 0 atom stereocenters. The van der Waals surface area contributed by atoms with Crippen molar-refractivity contribution in [3.63, 3.8) is 0 Å². The third-order valence-electron chi connectivity index (χ3n) is 5.95. The van der Waals surface area contributed by atoms with E-state index in [-0.39, 0.29) is 0 Å². The van der Waals surface area contributed by atoms with Gasteiger partial charge in [-0.15, -0.1) is 0 Å². The molecular weight excluding hydrogens is 377 g/mol. The average Bonchev–Trinajstić information content (AvgIpc) is 2.97. The molecule has 29 heavy (non-hydrogen) atoms. The predicted octanol–water partition coefficient (Wildman–Crippen LogP) is 7.72. The summed E-state index contributed by atoms with van der Waals surface area (Å²) in [4.78, 5) is 0. The number of piperidine rings is 1. The minimum absolute atomic E-state index is 0.926. The van der Waals surface area contributed by atoms with E-state index in [9.17, 15) is 0 Å². The lowest BCUT2D eigenvalue weighted by Crippen LogP contribution is -2.26. The van der Waals surface area contributed by atoms with E-state index in [4.69, 9.17) is 8.39 Å². The highest BCUT2D eigenvalue weighted by Crippen LogP contribution is 2.42. The van der Waals surface area contributed by atoms with E-state index in [1.54, 1.807) is 0 Å². The summed E-state index contributed by atoms with van der Waals surface area (Å²) in [6, 6.07) is 25.7. The lowest BCUT2D eigenvalue weighted by molar-refractivity contribution is 0.560. The van der Waals surface area contributed by atoms with Crippen molar-refractivity contribution in [3.05, 3.63) is 72.8 Å². The number of benzene rings is 4. The Hall–Kier alpha value is -2.74. The van der Waals surface area contributed by atoms with Crippen LogP contribution < -0.4 is 4.67 Å². The van der Waals surface area contributed by atoms with Gasteiger partial charge in [-0.05, 0) is 46.5 Å². The fraction of sp³-hybridized carbons (Fsp3) is 0.200. The molecule has 1 saturated heterocycles. The van der Waals surface area contributed by atoms with Crippen LogP contribution in [0.3, 0.4) is 0 Å². The Morgan fingerprint density at radius 1 is 0.586 bits per heavy atom. The largest absolute Gasteiger partial charge is 0.408 e. The Morgan fingerprint density at radius 2 is 1.10 bits per heavy atom. The lowest BCUT2D eigenvalue weighted by atomic mass is 9.99. The molecule has 0 unspecified atom stereocenters. The summed E-state index contributed by atoms with van der Waals surface area (Å²) in [7, 11) is -1.17. The van der Waals surface area contributed by atoms with Crippen LogP contribution in [0.2, 0.25) is 0 Å². The Labute approximate surface area is 170 Å². The van der Waals surface area contributed by atoms with Crippen LogP contribution in [0.25, 0.3) is 43.5 Å². The van der Waals surface area contributed by atoms with E-state index in [1.165, 1.54) is 40.8 Å². The fourth-order valence-corrected chi connectivity index (χ4v) is 6.03. The van der Waals surface area contributed by atoms with Crippen LogP contribution in [0.4, 0.5) is 0 Å². The number of hydrogen-bond acceptors (Lipinski definition) is 3. The minimum Gasteiger partial charge on any atom is -0.408 e. The van der Waals surface area contributed by atoms with Gasteiger partial charge in [0.15, 0.2) is 0 Å². The molecule has 1 fully saturated rings. The summed E-state index contributed by atoms with van der Waals surface area (Å²) in [6.45, 7) is 2.08. The van der Waals surface area contributed by atoms with Crippen LogP contribution in [0.1, 0.15) is 19.3 Å². The Balaban J connectivity index is 1.84. The SMILES string of the molecule is c1ccc2c(c1)ccc1op(N3CCCCC3)oc3ccc4ccccc4c3c12. The highest BCUT2D eigenvalue weighted by molar-refractivity contribution is 7.39. The molecule has 5 aromatic rings. The summed E-state index contributed by atoms with van der Waals surface area (Å²) in [5.74, 6) is 0. The molecule has 3 nitrogen and oxygen atoms in total. The first kappa shape index (κ1) is 17.1. The third kappa shape index (κ3) is 2.85. The first-order valence-electron chi connectivity index (χ1n) is 10.3. The van der Waals surface area contributed by atoms with Crippen molar-refractivity contribution in [2.75, 3.05) is 17.8 Å². The minimum atomic E-state index is -1.17. The van der Waals surface area contributed by atoms with Gasteiger partial charge in [0.05, 0.1) is 0 Å². The maximum Gasteiger partial charge on any atom is 0.309 e. The van der Waals surface area contributed by atoms with Gasteiger partial charge < -0.3 is 8.39 Å².